The average molecular weight is 247 g/mol. The van der Waals surface area contributed by atoms with Gasteiger partial charge in [0.05, 0.1) is 30.5 Å². The van der Waals surface area contributed by atoms with E-state index < -0.39 is 0 Å². The summed E-state index contributed by atoms with van der Waals surface area (Å²) in [4.78, 5) is 6.16. The van der Waals surface area contributed by atoms with Crippen molar-refractivity contribution in [3.63, 3.8) is 0 Å². The molecule has 0 radical (unpaired) electrons. The van der Waals surface area contributed by atoms with Crippen LogP contribution >= 0.6 is 0 Å². The van der Waals surface area contributed by atoms with E-state index in [-0.39, 0.29) is 0 Å². The number of nitrogens with zero attached hydrogens (tertiary/aromatic N) is 7. The Morgan fingerprint density at radius 2 is 2.11 bits per heavy atom. The van der Waals surface area contributed by atoms with E-state index in [1.165, 1.54) is 5.06 Å². The summed E-state index contributed by atoms with van der Waals surface area (Å²) < 4.78 is 1.93. The highest BCUT2D eigenvalue weighted by molar-refractivity contribution is 5.45. The Balaban J connectivity index is 1.74. The summed E-state index contributed by atoms with van der Waals surface area (Å²) in [5, 5.41) is 23.2. The Hall–Kier alpha value is -1.80. The lowest BCUT2D eigenvalue weighted by Gasteiger charge is -2.05. The van der Waals surface area contributed by atoms with Gasteiger partial charge < -0.3 is 9.77 Å². The maximum atomic E-state index is 9.44. The summed E-state index contributed by atoms with van der Waals surface area (Å²) in [6, 6.07) is 0.422. The van der Waals surface area contributed by atoms with E-state index in [0.29, 0.717) is 25.0 Å². The van der Waals surface area contributed by atoms with Crippen LogP contribution in [0.25, 0.3) is 11.6 Å². The van der Waals surface area contributed by atoms with Crippen LogP contribution in [0.3, 0.4) is 0 Å². The molecule has 4 rings (SSSR count). The van der Waals surface area contributed by atoms with Crippen LogP contribution in [0, 0.1) is 0 Å². The first kappa shape index (κ1) is 10.2. The standard InChI is InChI=1S/C10H13N7O/c1-15-8-5-16(18)4-7(8)11-10(15)9-12-14-17(13-9)6-2-3-6/h6,18H,2-5H2,1H3. The minimum absolute atomic E-state index is 0.422. The summed E-state index contributed by atoms with van der Waals surface area (Å²) in [5.41, 5.74) is 1.90. The summed E-state index contributed by atoms with van der Waals surface area (Å²) in [7, 11) is 1.91. The van der Waals surface area contributed by atoms with E-state index in [1.807, 2.05) is 11.6 Å². The fourth-order valence-corrected chi connectivity index (χ4v) is 2.29. The van der Waals surface area contributed by atoms with E-state index in [0.717, 1.165) is 30.1 Å². The molecule has 0 amide bonds. The number of hydrogen-bond acceptors (Lipinski definition) is 6. The second-order valence-corrected chi connectivity index (χ2v) is 4.88. The topological polar surface area (TPSA) is 84.9 Å². The SMILES string of the molecule is Cn1c(-c2nnn(C3CC3)n2)nc2c1CN(O)C2. The van der Waals surface area contributed by atoms with Crippen molar-refractivity contribution in [2.45, 2.75) is 32.0 Å². The Morgan fingerprint density at radius 3 is 2.83 bits per heavy atom. The third kappa shape index (κ3) is 1.39. The molecule has 2 aromatic heterocycles. The highest BCUT2D eigenvalue weighted by Crippen LogP contribution is 2.33. The van der Waals surface area contributed by atoms with Crippen LogP contribution in [0.5, 0.6) is 0 Å². The molecule has 94 valence electrons. The number of fused-ring (bicyclic) bond motifs is 1. The quantitative estimate of drug-likeness (QED) is 0.811. The van der Waals surface area contributed by atoms with E-state index in [4.69, 9.17) is 0 Å². The molecule has 1 saturated carbocycles. The molecule has 0 unspecified atom stereocenters. The number of hydroxylamine groups is 2. The second kappa shape index (κ2) is 3.36. The number of aromatic nitrogens is 6. The van der Waals surface area contributed by atoms with Crippen LogP contribution in [0.4, 0.5) is 0 Å². The van der Waals surface area contributed by atoms with Crippen molar-refractivity contribution in [3.8, 4) is 11.6 Å². The normalized spacial score (nSPS) is 19.4. The maximum absolute atomic E-state index is 9.44. The van der Waals surface area contributed by atoms with Gasteiger partial charge in [-0.25, -0.2) is 4.98 Å². The molecule has 0 atom stereocenters. The molecule has 1 aliphatic carbocycles. The first-order valence-corrected chi connectivity index (χ1v) is 6.00. The van der Waals surface area contributed by atoms with E-state index in [2.05, 4.69) is 20.4 Å². The van der Waals surface area contributed by atoms with Crippen LogP contribution < -0.4 is 0 Å². The number of rotatable bonds is 2. The zero-order chi connectivity index (χ0) is 12.3. The Morgan fingerprint density at radius 1 is 1.28 bits per heavy atom. The lowest BCUT2D eigenvalue weighted by atomic mass is 10.4. The van der Waals surface area contributed by atoms with Gasteiger partial charge >= 0.3 is 0 Å². The van der Waals surface area contributed by atoms with Crippen molar-refractivity contribution < 1.29 is 5.21 Å². The summed E-state index contributed by atoms with van der Waals surface area (Å²) >= 11 is 0. The number of hydrogen-bond donors (Lipinski definition) is 1. The molecule has 1 N–H and O–H groups in total. The molecule has 8 nitrogen and oxygen atoms in total. The van der Waals surface area contributed by atoms with Crippen LogP contribution in [-0.2, 0) is 20.1 Å². The minimum atomic E-state index is 0.422. The van der Waals surface area contributed by atoms with Gasteiger partial charge in [-0.15, -0.1) is 10.2 Å². The molecule has 8 heteroatoms. The first-order chi connectivity index (χ1) is 8.72. The van der Waals surface area contributed by atoms with Gasteiger partial charge in [-0.3, -0.25) is 0 Å². The summed E-state index contributed by atoms with van der Waals surface area (Å²) in [6.45, 7) is 0.954. The second-order valence-electron chi connectivity index (χ2n) is 4.88. The molecule has 2 aliphatic rings. The Labute approximate surface area is 103 Å². The predicted octanol–water partition coefficient (Wildman–Crippen LogP) is 0.113. The number of imidazole rings is 1. The molecule has 3 heterocycles. The zero-order valence-electron chi connectivity index (χ0n) is 9.98. The van der Waals surface area contributed by atoms with Gasteiger partial charge in [-0.1, -0.05) is 0 Å². The average Bonchev–Trinajstić information content (AvgIpc) is 2.85. The van der Waals surface area contributed by atoms with Crippen LogP contribution in [0.15, 0.2) is 0 Å². The van der Waals surface area contributed by atoms with Crippen molar-refractivity contribution in [3.05, 3.63) is 11.4 Å². The van der Waals surface area contributed by atoms with Crippen molar-refractivity contribution in [1.82, 2.24) is 34.8 Å². The summed E-state index contributed by atoms with van der Waals surface area (Å²) in [6.07, 6.45) is 2.26. The molecule has 1 fully saturated rings. The fraction of sp³-hybridized carbons (Fsp3) is 0.600. The third-order valence-corrected chi connectivity index (χ3v) is 3.46. The lowest BCUT2D eigenvalue weighted by molar-refractivity contribution is -0.0984. The largest absolute Gasteiger partial charge is 0.327 e. The maximum Gasteiger partial charge on any atom is 0.240 e. The number of tetrazole rings is 1. The zero-order valence-corrected chi connectivity index (χ0v) is 9.98. The molecule has 0 saturated heterocycles. The van der Waals surface area contributed by atoms with Crippen molar-refractivity contribution >= 4 is 0 Å². The first-order valence-electron chi connectivity index (χ1n) is 6.00. The van der Waals surface area contributed by atoms with Crippen LogP contribution in [0.2, 0.25) is 0 Å². The fourth-order valence-electron chi connectivity index (χ4n) is 2.29. The lowest BCUT2D eigenvalue weighted by Crippen LogP contribution is -2.12. The molecule has 18 heavy (non-hydrogen) atoms. The monoisotopic (exact) mass is 247 g/mol. The molecule has 0 spiro atoms. The highest BCUT2D eigenvalue weighted by atomic mass is 16.5. The Bertz CT molecular complexity index is 612. The van der Waals surface area contributed by atoms with Gasteiger partial charge in [0.2, 0.25) is 5.82 Å². The van der Waals surface area contributed by atoms with E-state index in [9.17, 15) is 5.21 Å². The van der Waals surface area contributed by atoms with E-state index >= 15 is 0 Å². The van der Waals surface area contributed by atoms with Crippen molar-refractivity contribution in [1.29, 1.82) is 0 Å². The molecule has 0 aromatic carbocycles. The van der Waals surface area contributed by atoms with Crippen LogP contribution in [0.1, 0.15) is 30.3 Å². The van der Waals surface area contributed by atoms with Gasteiger partial charge in [0, 0.05) is 7.05 Å². The van der Waals surface area contributed by atoms with Gasteiger partial charge in [-0.05, 0) is 18.1 Å². The molecule has 2 aromatic rings. The molecular formula is C10H13N7O. The molecular weight excluding hydrogens is 234 g/mol. The van der Waals surface area contributed by atoms with Gasteiger partial charge in [0.15, 0.2) is 5.82 Å². The summed E-state index contributed by atoms with van der Waals surface area (Å²) in [5.74, 6) is 1.28. The van der Waals surface area contributed by atoms with Gasteiger partial charge in [-0.2, -0.15) is 9.86 Å². The van der Waals surface area contributed by atoms with Crippen molar-refractivity contribution in [2.75, 3.05) is 0 Å². The minimum Gasteiger partial charge on any atom is -0.327 e. The molecule has 1 aliphatic heterocycles. The Kier molecular flexibility index (Phi) is 1.90. The van der Waals surface area contributed by atoms with Gasteiger partial charge in [0.25, 0.3) is 0 Å². The van der Waals surface area contributed by atoms with Crippen LogP contribution in [-0.4, -0.2) is 40.0 Å². The van der Waals surface area contributed by atoms with E-state index in [1.54, 1.807) is 4.80 Å². The third-order valence-electron chi connectivity index (χ3n) is 3.46. The van der Waals surface area contributed by atoms with Gasteiger partial charge in [0.1, 0.15) is 0 Å². The highest BCUT2D eigenvalue weighted by Gasteiger charge is 2.29. The predicted molar refractivity (Wildman–Crippen MR) is 59.3 cm³/mol. The molecule has 0 bridgehead atoms. The van der Waals surface area contributed by atoms with Crippen molar-refractivity contribution in [2.24, 2.45) is 7.05 Å². The smallest absolute Gasteiger partial charge is 0.240 e.